The minimum atomic E-state index is -0.114. The Bertz CT molecular complexity index is 723. The van der Waals surface area contributed by atoms with Gasteiger partial charge in [0.25, 0.3) is 0 Å². The number of aromatic nitrogens is 1. The zero-order valence-electron chi connectivity index (χ0n) is 12.4. The summed E-state index contributed by atoms with van der Waals surface area (Å²) in [6.07, 6.45) is 4.22. The third-order valence-corrected chi connectivity index (χ3v) is 4.61. The van der Waals surface area contributed by atoms with Crippen LogP contribution in [0.25, 0.3) is 5.69 Å². The van der Waals surface area contributed by atoms with Crippen molar-refractivity contribution in [3.63, 3.8) is 0 Å². The number of carbonyl (C=O) groups is 1. The molecule has 0 aliphatic carbocycles. The van der Waals surface area contributed by atoms with E-state index in [1.807, 2.05) is 34.7 Å². The van der Waals surface area contributed by atoms with Crippen LogP contribution < -0.4 is 4.80 Å². The third kappa shape index (κ3) is 2.93. The monoisotopic (exact) mass is 301 g/mol. The molecule has 1 aliphatic rings. The van der Waals surface area contributed by atoms with Crippen LogP contribution in [-0.2, 0) is 0 Å². The van der Waals surface area contributed by atoms with Crippen LogP contribution in [0.3, 0.4) is 0 Å². The van der Waals surface area contributed by atoms with E-state index in [9.17, 15) is 4.79 Å². The number of thiazole rings is 1. The van der Waals surface area contributed by atoms with Gasteiger partial charge in [-0.3, -0.25) is 4.57 Å². The van der Waals surface area contributed by atoms with Crippen molar-refractivity contribution >= 4 is 17.4 Å². The number of hydrogen-bond acceptors (Lipinski definition) is 2. The van der Waals surface area contributed by atoms with Crippen LogP contribution in [-0.4, -0.2) is 28.6 Å². The van der Waals surface area contributed by atoms with Crippen molar-refractivity contribution in [2.24, 2.45) is 4.99 Å². The van der Waals surface area contributed by atoms with Crippen molar-refractivity contribution in [2.45, 2.75) is 26.7 Å². The van der Waals surface area contributed by atoms with E-state index < -0.39 is 0 Å². The average molecular weight is 301 g/mol. The van der Waals surface area contributed by atoms with Gasteiger partial charge < -0.3 is 4.90 Å². The zero-order valence-corrected chi connectivity index (χ0v) is 13.2. The Hall–Kier alpha value is -1.88. The van der Waals surface area contributed by atoms with Gasteiger partial charge in [0, 0.05) is 24.2 Å². The van der Waals surface area contributed by atoms with E-state index in [-0.39, 0.29) is 6.03 Å². The SMILES string of the molecule is Cc1cn(-c2ccccc2C)c(=NC(=O)N2CCCC2)s1. The highest BCUT2D eigenvalue weighted by molar-refractivity contribution is 7.09. The van der Waals surface area contributed by atoms with E-state index in [4.69, 9.17) is 0 Å². The van der Waals surface area contributed by atoms with Crippen molar-refractivity contribution in [3.8, 4) is 5.69 Å². The molecule has 1 saturated heterocycles. The predicted octanol–water partition coefficient (Wildman–Crippen LogP) is 3.27. The molecule has 3 rings (SSSR count). The van der Waals surface area contributed by atoms with Crippen molar-refractivity contribution in [1.29, 1.82) is 0 Å². The number of benzene rings is 1. The Kier molecular flexibility index (Phi) is 3.92. The molecule has 4 nitrogen and oxygen atoms in total. The molecule has 0 spiro atoms. The molecule has 2 heterocycles. The van der Waals surface area contributed by atoms with Crippen LogP contribution in [0, 0.1) is 13.8 Å². The summed E-state index contributed by atoms with van der Waals surface area (Å²) >= 11 is 1.55. The molecular formula is C16H19N3OS. The van der Waals surface area contributed by atoms with E-state index in [1.54, 1.807) is 11.3 Å². The number of aryl methyl sites for hydroxylation is 2. The van der Waals surface area contributed by atoms with E-state index in [2.05, 4.69) is 24.0 Å². The second kappa shape index (κ2) is 5.85. The quantitative estimate of drug-likeness (QED) is 0.796. The zero-order chi connectivity index (χ0) is 14.8. The molecule has 1 fully saturated rings. The van der Waals surface area contributed by atoms with Gasteiger partial charge in [0.15, 0.2) is 4.80 Å². The Morgan fingerprint density at radius 3 is 2.62 bits per heavy atom. The molecule has 1 aliphatic heterocycles. The highest BCUT2D eigenvalue weighted by Crippen LogP contribution is 2.15. The molecule has 0 saturated carbocycles. The standard InChI is InChI=1S/C16H19N3OS/c1-12-7-3-4-8-14(12)19-11-13(2)21-16(19)17-15(20)18-9-5-6-10-18/h3-4,7-8,11H,5-6,9-10H2,1-2H3. The molecule has 2 aromatic rings. The van der Waals surface area contributed by atoms with Gasteiger partial charge >= 0.3 is 6.03 Å². The molecule has 21 heavy (non-hydrogen) atoms. The maximum Gasteiger partial charge on any atom is 0.346 e. The minimum Gasteiger partial charge on any atom is -0.323 e. The van der Waals surface area contributed by atoms with Gasteiger partial charge in [-0.15, -0.1) is 11.3 Å². The first-order valence-electron chi connectivity index (χ1n) is 7.24. The first-order valence-corrected chi connectivity index (χ1v) is 8.05. The fourth-order valence-corrected chi connectivity index (χ4v) is 3.42. The number of para-hydroxylation sites is 1. The Morgan fingerprint density at radius 1 is 1.19 bits per heavy atom. The summed E-state index contributed by atoms with van der Waals surface area (Å²) in [5.41, 5.74) is 2.25. The van der Waals surface area contributed by atoms with Crippen LogP contribution in [0.5, 0.6) is 0 Å². The van der Waals surface area contributed by atoms with Crippen LogP contribution >= 0.6 is 11.3 Å². The second-order valence-electron chi connectivity index (χ2n) is 5.37. The highest BCUT2D eigenvalue weighted by Gasteiger charge is 2.17. The molecular weight excluding hydrogens is 282 g/mol. The largest absolute Gasteiger partial charge is 0.346 e. The van der Waals surface area contributed by atoms with Gasteiger partial charge in [0.2, 0.25) is 0 Å². The summed E-state index contributed by atoms with van der Waals surface area (Å²) in [5, 5.41) is 0. The van der Waals surface area contributed by atoms with E-state index in [0.717, 1.165) is 41.3 Å². The molecule has 0 bridgehead atoms. The van der Waals surface area contributed by atoms with E-state index >= 15 is 0 Å². The Balaban J connectivity index is 2.04. The number of carbonyl (C=O) groups excluding carboxylic acids is 1. The molecule has 1 aromatic heterocycles. The molecule has 110 valence electrons. The lowest BCUT2D eigenvalue weighted by Gasteiger charge is -2.11. The van der Waals surface area contributed by atoms with Crippen molar-refractivity contribution in [2.75, 3.05) is 13.1 Å². The summed E-state index contributed by atoms with van der Waals surface area (Å²) in [6, 6.07) is 8.04. The lowest BCUT2D eigenvalue weighted by molar-refractivity contribution is 0.218. The molecule has 0 radical (unpaired) electrons. The molecule has 0 N–H and O–H groups in total. The van der Waals surface area contributed by atoms with Crippen molar-refractivity contribution in [3.05, 3.63) is 45.7 Å². The van der Waals surface area contributed by atoms with Crippen LogP contribution in [0.2, 0.25) is 0 Å². The van der Waals surface area contributed by atoms with Gasteiger partial charge in [-0.05, 0) is 38.3 Å². The molecule has 1 aromatic carbocycles. The van der Waals surface area contributed by atoms with E-state index in [0.29, 0.717) is 0 Å². The molecule has 0 unspecified atom stereocenters. The second-order valence-corrected chi connectivity index (χ2v) is 6.58. The smallest absolute Gasteiger partial charge is 0.323 e. The Morgan fingerprint density at radius 2 is 1.90 bits per heavy atom. The summed E-state index contributed by atoms with van der Waals surface area (Å²) < 4.78 is 2.02. The van der Waals surface area contributed by atoms with E-state index in [1.165, 1.54) is 5.56 Å². The number of hydrogen-bond donors (Lipinski definition) is 0. The number of urea groups is 1. The summed E-state index contributed by atoms with van der Waals surface area (Å²) in [6.45, 7) is 5.77. The first kappa shape index (κ1) is 14.1. The highest BCUT2D eigenvalue weighted by atomic mass is 32.1. The average Bonchev–Trinajstić information content (AvgIpc) is 3.09. The number of rotatable bonds is 1. The van der Waals surface area contributed by atoms with Gasteiger partial charge in [-0.2, -0.15) is 4.99 Å². The fourth-order valence-electron chi connectivity index (χ4n) is 2.60. The number of amides is 2. The molecule has 2 amide bonds. The minimum absolute atomic E-state index is 0.114. The summed E-state index contributed by atoms with van der Waals surface area (Å²) in [5.74, 6) is 0. The maximum absolute atomic E-state index is 12.2. The van der Waals surface area contributed by atoms with Crippen molar-refractivity contribution < 1.29 is 4.79 Å². The fraction of sp³-hybridized carbons (Fsp3) is 0.375. The Labute approximate surface area is 128 Å². The third-order valence-electron chi connectivity index (χ3n) is 3.71. The topological polar surface area (TPSA) is 37.6 Å². The van der Waals surface area contributed by atoms with Crippen LogP contribution in [0.15, 0.2) is 35.5 Å². The molecule has 5 heteroatoms. The van der Waals surface area contributed by atoms with Gasteiger partial charge in [-0.25, -0.2) is 4.79 Å². The van der Waals surface area contributed by atoms with Crippen LogP contribution in [0.1, 0.15) is 23.3 Å². The maximum atomic E-state index is 12.2. The number of nitrogens with zero attached hydrogens (tertiary/aromatic N) is 3. The van der Waals surface area contributed by atoms with Gasteiger partial charge in [-0.1, -0.05) is 18.2 Å². The predicted molar refractivity (Wildman–Crippen MR) is 84.9 cm³/mol. The lowest BCUT2D eigenvalue weighted by Crippen LogP contribution is -2.27. The molecule has 0 atom stereocenters. The summed E-state index contributed by atoms with van der Waals surface area (Å²) in [7, 11) is 0. The van der Waals surface area contributed by atoms with Gasteiger partial charge in [0.1, 0.15) is 0 Å². The van der Waals surface area contributed by atoms with Crippen LogP contribution in [0.4, 0.5) is 4.79 Å². The number of likely N-dealkylation sites (tertiary alicyclic amines) is 1. The van der Waals surface area contributed by atoms with Crippen molar-refractivity contribution in [1.82, 2.24) is 9.47 Å². The first-order chi connectivity index (χ1) is 10.1. The lowest BCUT2D eigenvalue weighted by atomic mass is 10.2. The van der Waals surface area contributed by atoms with Gasteiger partial charge in [0.05, 0.1) is 5.69 Å². The normalized spacial score (nSPS) is 15.7. The summed E-state index contributed by atoms with van der Waals surface area (Å²) in [4.78, 5) is 20.3.